The Bertz CT molecular complexity index is 2800. The van der Waals surface area contributed by atoms with Gasteiger partial charge in [-0.2, -0.15) is 0 Å². The molecule has 10 rings (SSSR count). The molecule has 0 unspecified atom stereocenters. The molecule has 0 spiro atoms. The summed E-state index contributed by atoms with van der Waals surface area (Å²) in [4.78, 5) is 0. The molecule has 1 heterocycles. The number of nitrogen functional groups attached to an aromatic ring is 1. The molecule has 0 bridgehead atoms. The van der Waals surface area contributed by atoms with Gasteiger partial charge in [0.1, 0.15) is 11.2 Å². The SMILES string of the molecule is Nc1cc(-c2cccc3c2oc2ccccc23)c2ccc3c(-c4ccc(-c5cccc6ccccc56)cc4)ccc4ccc1c2c43. The number of hydrogen-bond donors (Lipinski definition) is 1. The maximum atomic E-state index is 6.85. The van der Waals surface area contributed by atoms with Gasteiger partial charge < -0.3 is 10.2 Å². The molecule has 0 atom stereocenters. The summed E-state index contributed by atoms with van der Waals surface area (Å²) in [5.41, 5.74) is 16.4. The molecule has 1 aromatic heterocycles. The van der Waals surface area contributed by atoms with E-state index < -0.39 is 0 Å². The second-order valence-electron chi connectivity index (χ2n) is 12.3. The minimum Gasteiger partial charge on any atom is -0.455 e. The summed E-state index contributed by atoms with van der Waals surface area (Å²) in [5.74, 6) is 0. The average Bonchev–Trinajstić information content (AvgIpc) is 3.50. The molecule has 0 aliphatic rings. The van der Waals surface area contributed by atoms with Crippen LogP contribution in [0.1, 0.15) is 0 Å². The van der Waals surface area contributed by atoms with E-state index in [0.29, 0.717) is 0 Å². The van der Waals surface area contributed by atoms with Crippen LogP contribution in [0.3, 0.4) is 0 Å². The van der Waals surface area contributed by atoms with Crippen molar-refractivity contribution in [1.29, 1.82) is 0 Å². The Labute approximate surface area is 265 Å². The molecule has 214 valence electrons. The zero-order chi connectivity index (χ0) is 30.4. The van der Waals surface area contributed by atoms with E-state index in [-0.39, 0.29) is 0 Å². The Morgan fingerprint density at radius 2 is 0.978 bits per heavy atom. The van der Waals surface area contributed by atoms with Crippen molar-refractivity contribution in [3.05, 3.63) is 152 Å². The number of para-hydroxylation sites is 2. The molecule has 2 nitrogen and oxygen atoms in total. The number of fused-ring (bicyclic) bond motifs is 4. The Hall–Kier alpha value is -6.12. The molecular formula is C44H27NO. The van der Waals surface area contributed by atoms with Crippen LogP contribution < -0.4 is 5.73 Å². The van der Waals surface area contributed by atoms with Gasteiger partial charge in [-0.15, -0.1) is 0 Å². The van der Waals surface area contributed by atoms with Crippen LogP contribution in [0.15, 0.2) is 156 Å². The lowest BCUT2D eigenvalue weighted by atomic mass is 9.86. The van der Waals surface area contributed by atoms with E-state index in [1.54, 1.807) is 0 Å². The molecule has 9 aromatic carbocycles. The number of benzene rings is 9. The fourth-order valence-electron chi connectivity index (χ4n) is 7.66. The van der Waals surface area contributed by atoms with E-state index in [1.165, 1.54) is 60.0 Å². The zero-order valence-corrected chi connectivity index (χ0v) is 24.9. The quantitative estimate of drug-likeness (QED) is 0.165. The number of rotatable bonds is 3. The largest absolute Gasteiger partial charge is 0.455 e. The molecule has 2 heteroatoms. The minimum absolute atomic E-state index is 0.773. The highest BCUT2D eigenvalue weighted by Crippen LogP contribution is 2.46. The van der Waals surface area contributed by atoms with Crippen LogP contribution in [-0.4, -0.2) is 0 Å². The number of anilines is 1. The first-order valence-corrected chi connectivity index (χ1v) is 15.7. The van der Waals surface area contributed by atoms with Crippen molar-refractivity contribution in [3.63, 3.8) is 0 Å². The van der Waals surface area contributed by atoms with Gasteiger partial charge in [-0.05, 0) is 72.3 Å². The standard InChI is InChI=1S/C44H27NO/c45-40-25-39(37-13-6-12-36-33-10-3-4-14-41(33)46-44(36)37)35-24-23-34-32(21-19-29-20-22-38(40)43(35)42(29)34)28-17-15-27(16-18-28)31-11-5-8-26-7-1-2-9-30(26)31/h1-25H,45H2. The van der Waals surface area contributed by atoms with Crippen molar-refractivity contribution in [3.8, 4) is 33.4 Å². The second kappa shape index (κ2) is 9.44. The maximum absolute atomic E-state index is 6.85. The highest BCUT2D eigenvalue weighted by Gasteiger charge is 2.19. The second-order valence-corrected chi connectivity index (χ2v) is 12.3. The van der Waals surface area contributed by atoms with Gasteiger partial charge in [-0.1, -0.05) is 140 Å². The number of furan rings is 1. The summed E-state index contributed by atoms with van der Waals surface area (Å²) in [6.07, 6.45) is 0. The van der Waals surface area contributed by atoms with Crippen LogP contribution in [0, 0.1) is 0 Å². The summed E-state index contributed by atoms with van der Waals surface area (Å²) in [7, 11) is 0. The van der Waals surface area contributed by atoms with Gasteiger partial charge in [0, 0.05) is 32.8 Å². The normalized spacial score (nSPS) is 12.0. The van der Waals surface area contributed by atoms with Crippen LogP contribution >= 0.6 is 0 Å². The van der Waals surface area contributed by atoms with Crippen molar-refractivity contribution < 1.29 is 4.42 Å². The van der Waals surface area contributed by atoms with Crippen molar-refractivity contribution in [1.82, 2.24) is 0 Å². The lowest BCUT2D eigenvalue weighted by Crippen LogP contribution is -1.94. The molecular weight excluding hydrogens is 558 g/mol. The molecule has 0 saturated heterocycles. The summed E-state index contributed by atoms with van der Waals surface area (Å²) < 4.78 is 6.47. The maximum Gasteiger partial charge on any atom is 0.143 e. The number of nitrogens with two attached hydrogens (primary N) is 1. The van der Waals surface area contributed by atoms with Crippen LogP contribution in [-0.2, 0) is 0 Å². The summed E-state index contributed by atoms with van der Waals surface area (Å²) in [6, 6.07) is 54.3. The highest BCUT2D eigenvalue weighted by molar-refractivity contribution is 6.30. The summed E-state index contributed by atoms with van der Waals surface area (Å²) in [6.45, 7) is 0. The minimum atomic E-state index is 0.773. The summed E-state index contributed by atoms with van der Waals surface area (Å²) >= 11 is 0. The van der Waals surface area contributed by atoms with Gasteiger partial charge in [-0.25, -0.2) is 0 Å². The Kier molecular flexibility index (Phi) is 5.18. The van der Waals surface area contributed by atoms with Gasteiger partial charge in [0.05, 0.1) is 0 Å². The predicted molar refractivity (Wildman–Crippen MR) is 196 cm³/mol. The highest BCUT2D eigenvalue weighted by atomic mass is 16.3. The van der Waals surface area contributed by atoms with Gasteiger partial charge in [0.25, 0.3) is 0 Å². The van der Waals surface area contributed by atoms with E-state index in [4.69, 9.17) is 10.2 Å². The van der Waals surface area contributed by atoms with Gasteiger partial charge >= 0.3 is 0 Å². The molecule has 0 aliphatic carbocycles. The van der Waals surface area contributed by atoms with Crippen LogP contribution in [0.5, 0.6) is 0 Å². The third-order valence-electron chi connectivity index (χ3n) is 9.80. The monoisotopic (exact) mass is 585 g/mol. The first kappa shape index (κ1) is 25.2. The van der Waals surface area contributed by atoms with Gasteiger partial charge in [0.15, 0.2) is 0 Å². The number of hydrogen-bond acceptors (Lipinski definition) is 2. The molecule has 0 aliphatic heterocycles. The van der Waals surface area contributed by atoms with Crippen LogP contribution in [0.4, 0.5) is 5.69 Å². The van der Waals surface area contributed by atoms with Crippen molar-refractivity contribution in [2.45, 2.75) is 0 Å². The predicted octanol–water partition coefficient (Wildman–Crippen LogP) is 12.2. The Morgan fingerprint density at radius 3 is 1.83 bits per heavy atom. The molecule has 10 aromatic rings. The molecule has 0 saturated carbocycles. The van der Waals surface area contributed by atoms with E-state index >= 15 is 0 Å². The average molecular weight is 586 g/mol. The van der Waals surface area contributed by atoms with Crippen molar-refractivity contribution in [2.24, 2.45) is 0 Å². The fourth-order valence-corrected chi connectivity index (χ4v) is 7.66. The summed E-state index contributed by atoms with van der Waals surface area (Å²) in [5, 5.41) is 11.9. The molecule has 2 N–H and O–H groups in total. The van der Waals surface area contributed by atoms with E-state index in [9.17, 15) is 0 Å². The third kappa shape index (κ3) is 3.53. The Balaban J connectivity index is 1.18. The van der Waals surface area contributed by atoms with Crippen LogP contribution in [0.25, 0.3) is 98.4 Å². The first-order chi connectivity index (χ1) is 22.7. The smallest absolute Gasteiger partial charge is 0.143 e. The van der Waals surface area contributed by atoms with E-state index in [1.807, 2.05) is 12.1 Å². The molecule has 0 fully saturated rings. The topological polar surface area (TPSA) is 39.2 Å². The van der Waals surface area contributed by atoms with Crippen LogP contribution in [0.2, 0.25) is 0 Å². The van der Waals surface area contributed by atoms with E-state index in [2.05, 4.69) is 140 Å². The zero-order valence-electron chi connectivity index (χ0n) is 24.9. The van der Waals surface area contributed by atoms with Gasteiger partial charge in [0.2, 0.25) is 0 Å². The fraction of sp³-hybridized carbons (Fsp3) is 0. The lowest BCUT2D eigenvalue weighted by Gasteiger charge is -2.18. The molecule has 0 amide bonds. The Morgan fingerprint density at radius 1 is 0.370 bits per heavy atom. The van der Waals surface area contributed by atoms with Crippen molar-refractivity contribution in [2.75, 3.05) is 5.73 Å². The van der Waals surface area contributed by atoms with Gasteiger partial charge in [-0.3, -0.25) is 0 Å². The van der Waals surface area contributed by atoms with Crippen molar-refractivity contribution >= 4 is 70.7 Å². The lowest BCUT2D eigenvalue weighted by molar-refractivity contribution is 0.670. The molecule has 0 radical (unpaired) electrons. The van der Waals surface area contributed by atoms with E-state index in [0.717, 1.165) is 44.1 Å². The first-order valence-electron chi connectivity index (χ1n) is 15.7. The third-order valence-corrected chi connectivity index (χ3v) is 9.80. The molecule has 46 heavy (non-hydrogen) atoms.